The molecule has 9 heteroatoms. The van der Waals surface area contributed by atoms with Gasteiger partial charge in [0.15, 0.2) is 5.96 Å². The van der Waals surface area contributed by atoms with E-state index >= 15 is 0 Å². The number of guanidine groups is 1. The highest BCUT2D eigenvalue weighted by atomic mass is 127. The predicted octanol–water partition coefficient (Wildman–Crippen LogP) is 3.33. The van der Waals surface area contributed by atoms with Gasteiger partial charge in [0.2, 0.25) is 5.91 Å². The Morgan fingerprint density at radius 1 is 1.15 bits per heavy atom. The fourth-order valence-corrected chi connectivity index (χ4v) is 3.92. The zero-order valence-corrected chi connectivity index (χ0v) is 22.4. The minimum Gasteiger partial charge on any atom is -0.497 e. The Hall–Kier alpha value is -1.75. The molecule has 33 heavy (non-hydrogen) atoms. The average Bonchev–Trinajstić information content (AvgIpc) is 3.32. The van der Waals surface area contributed by atoms with Crippen LogP contribution in [0.15, 0.2) is 23.2 Å². The normalized spacial score (nSPS) is 18.9. The van der Waals surface area contributed by atoms with Crippen LogP contribution in [-0.4, -0.2) is 69.9 Å². The fourth-order valence-electron chi connectivity index (χ4n) is 3.92. The first kappa shape index (κ1) is 27.5. The second-order valence-corrected chi connectivity index (χ2v) is 8.67. The summed E-state index contributed by atoms with van der Waals surface area (Å²) in [5, 5.41) is 6.50. The molecule has 1 aromatic carbocycles. The lowest BCUT2D eigenvalue weighted by molar-refractivity contribution is -0.127. The Kier molecular flexibility index (Phi) is 12.1. The molecule has 1 saturated carbocycles. The summed E-state index contributed by atoms with van der Waals surface area (Å²) in [6, 6.07) is 5.87. The molecule has 2 fully saturated rings. The van der Waals surface area contributed by atoms with Crippen LogP contribution in [-0.2, 0) is 16.1 Å². The molecule has 2 N–H and O–H groups in total. The van der Waals surface area contributed by atoms with Crippen LogP contribution in [0.2, 0.25) is 0 Å². The standard InChI is InChI=1S/C24H38N4O4.HI/c1-28(2)23(29)17-27-24(26-16-21-10-6-7-13-31-21)25-15-18-11-12-20(30-3)14-22(18)32-19-8-4-5-9-19;/h11-12,14,19,21H,4-10,13,15-17H2,1-3H3,(H2,25,26,27);1H. The number of aliphatic imine (C=N–C) groups is 1. The lowest BCUT2D eigenvalue weighted by Crippen LogP contribution is -2.45. The number of hydrogen-bond donors (Lipinski definition) is 2. The molecule has 0 radical (unpaired) electrons. The van der Waals surface area contributed by atoms with E-state index in [1.54, 1.807) is 26.1 Å². The molecule has 2 aliphatic rings. The van der Waals surface area contributed by atoms with Crippen LogP contribution in [0.1, 0.15) is 50.5 Å². The van der Waals surface area contributed by atoms with E-state index < -0.39 is 0 Å². The Bertz CT molecular complexity index is 763. The predicted molar refractivity (Wildman–Crippen MR) is 141 cm³/mol. The highest BCUT2D eigenvalue weighted by Gasteiger charge is 2.19. The molecule has 0 bridgehead atoms. The summed E-state index contributed by atoms with van der Waals surface area (Å²) in [6.07, 6.45) is 8.35. The maximum absolute atomic E-state index is 12.1. The van der Waals surface area contributed by atoms with Crippen molar-refractivity contribution in [1.29, 1.82) is 0 Å². The third kappa shape index (κ3) is 9.19. The highest BCUT2D eigenvalue weighted by Crippen LogP contribution is 2.30. The molecule has 0 aromatic heterocycles. The third-order valence-electron chi connectivity index (χ3n) is 5.95. The van der Waals surface area contributed by atoms with Crippen LogP contribution in [0.4, 0.5) is 0 Å². The van der Waals surface area contributed by atoms with Gasteiger partial charge < -0.3 is 29.7 Å². The van der Waals surface area contributed by atoms with E-state index in [0.717, 1.165) is 49.4 Å². The molecular weight excluding hydrogens is 535 g/mol. The number of methoxy groups -OCH3 is 1. The number of hydrogen-bond acceptors (Lipinski definition) is 5. The Morgan fingerprint density at radius 3 is 2.58 bits per heavy atom. The van der Waals surface area contributed by atoms with Crippen LogP contribution < -0.4 is 20.1 Å². The Labute approximate surface area is 214 Å². The number of nitrogens with one attached hydrogen (secondary N) is 2. The molecule has 1 aliphatic carbocycles. The van der Waals surface area contributed by atoms with Gasteiger partial charge in [0.1, 0.15) is 11.5 Å². The minimum atomic E-state index is -0.0110. The van der Waals surface area contributed by atoms with E-state index in [-0.39, 0.29) is 48.6 Å². The van der Waals surface area contributed by atoms with Crippen LogP contribution in [0.25, 0.3) is 0 Å². The fraction of sp³-hybridized carbons (Fsp3) is 0.667. The minimum absolute atomic E-state index is 0. The smallest absolute Gasteiger partial charge is 0.241 e. The van der Waals surface area contributed by atoms with Gasteiger partial charge in [0, 0.05) is 38.9 Å². The molecule has 1 unspecified atom stereocenters. The van der Waals surface area contributed by atoms with Crippen molar-refractivity contribution < 1.29 is 19.0 Å². The Morgan fingerprint density at radius 2 is 1.91 bits per heavy atom. The van der Waals surface area contributed by atoms with Gasteiger partial charge in [-0.25, -0.2) is 4.99 Å². The molecule has 1 aliphatic heterocycles. The van der Waals surface area contributed by atoms with E-state index in [0.29, 0.717) is 19.0 Å². The van der Waals surface area contributed by atoms with Crippen molar-refractivity contribution in [1.82, 2.24) is 15.5 Å². The average molecular weight is 575 g/mol. The van der Waals surface area contributed by atoms with Crippen molar-refractivity contribution in [3.8, 4) is 11.5 Å². The number of ether oxygens (including phenoxy) is 3. The van der Waals surface area contributed by atoms with E-state index in [1.165, 1.54) is 19.3 Å². The molecule has 1 amide bonds. The second kappa shape index (κ2) is 14.5. The van der Waals surface area contributed by atoms with Gasteiger partial charge in [0.25, 0.3) is 0 Å². The number of halogens is 1. The highest BCUT2D eigenvalue weighted by molar-refractivity contribution is 14.0. The molecule has 3 rings (SSSR count). The first-order valence-corrected chi connectivity index (χ1v) is 11.7. The summed E-state index contributed by atoms with van der Waals surface area (Å²) in [5.41, 5.74) is 0.992. The van der Waals surface area contributed by atoms with Gasteiger partial charge in [-0.3, -0.25) is 4.79 Å². The maximum atomic E-state index is 12.1. The summed E-state index contributed by atoms with van der Waals surface area (Å²) >= 11 is 0. The molecule has 1 aromatic rings. The summed E-state index contributed by atoms with van der Waals surface area (Å²) in [5.74, 6) is 2.17. The van der Waals surface area contributed by atoms with Crippen LogP contribution in [0.5, 0.6) is 11.5 Å². The van der Waals surface area contributed by atoms with Crippen molar-refractivity contribution in [2.45, 2.75) is 63.7 Å². The topological polar surface area (TPSA) is 84.4 Å². The van der Waals surface area contributed by atoms with E-state index in [9.17, 15) is 4.79 Å². The first-order chi connectivity index (χ1) is 15.5. The number of benzene rings is 1. The lowest BCUT2D eigenvalue weighted by Gasteiger charge is -2.24. The summed E-state index contributed by atoms with van der Waals surface area (Å²) < 4.78 is 17.5. The van der Waals surface area contributed by atoms with Crippen molar-refractivity contribution in [3.63, 3.8) is 0 Å². The number of carbonyl (C=O) groups is 1. The molecular formula is C24H39IN4O4. The number of rotatable bonds is 9. The monoisotopic (exact) mass is 574 g/mol. The van der Waals surface area contributed by atoms with Crippen molar-refractivity contribution >= 4 is 35.8 Å². The van der Waals surface area contributed by atoms with Crippen molar-refractivity contribution in [2.75, 3.05) is 40.9 Å². The summed E-state index contributed by atoms with van der Waals surface area (Å²) in [6.45, 7) is 2.08. The number of likely N-dealkylation sites (N-methyl/N-ethyl adjacent to an activating group) is 1. The number of carbonyl (C=O) groups excluding carboxylic acids is 1. The van der Waals surface area contributed by atoms with Gasteiger partial charge in [-0.05, 0) is 57.1 Å². The van der Waals surface area contributed by atoms with E-state index in [4.69, 9.17) is 19.2 Å². The first-order valence-electron chi connectivity index (χ1n) is 11.7. The molecule has 1 saturated heterocycles. The van der Waals surface area contributed by atoms with Gasteiger partial charge in [-0.1, -0.05) is 0 Å². The number of amides is 1. The largest absolute Gasteiger partial charge is 0.497 e. The summed E-state index contributed by atoms with van der Waals surface area (Å²) in [4.78, 5) is 18.4. The lowest BCUT2D eigenvalue weighted by atomic mass is 10.1. The quantitative estimate of drug-likeness (QED) is 0.268. The molecule has 1 atom stereocenters. The van der Waals surface area contributed by atoms with Crippen LogP contribution >= 0.6 is 24.0 Å². The Balaban J connectivity index is 0.00000385. The zero-order chi connectivity index (χ0) is 22.8. The molecule has 8 nitrogen and oxygen atoms in total. The molecule has 1 heterocycles. The second-order valence-electron chi connectivity index (χ2n) is 8.67. The van der Waals surface area contributed by atoms with Gasteiger partial charge in [-0.2, -0.15) is 0 Å². The maximum Gasteiger partial charge on any atom is 0.241 e. The zero-order valence-electron chi connectivity index (χ0n) is 20.1. The van der Waals surface area contributed by atoms with E-state index in [1.807, 2.05) is 18.2 Å². The van der Waals surface area contributed by atoms with Gasteiger partial charge in [-0.15, -0.1) is 24.0 Å². The van der Waals surface area contributed by atoms with Gasteiger partial charge >= 0.3 is 0 Å². The molecule has 0 spiro atoms. The van der Waals surface area contributed by atoms with Crippen molar-refractivity contribution in [3.05, 3.63) is 23.8 Å². The van der Waals surface area contributed by atoms with Gasteiger partial charge in [0.05, 0.1) is 32.4 Å². The van der Waals surface area contributed by atoms with Crippen molar-refractivity contribution in [2.24, 2.45) is 4.99 Å². The summed E-state index contributed by atoms with van der Waals surface area (Å²) in [7, 11) is 5.15. The number of nitrogens with zero attached hydrogens (tertiary/aromatic N) is 2. The van der Waals surface area contributed by atoms with E-state index in [2.05, 4.69) is 10.6 Å². The SMILES string of the molecule is COc1ccc(CN=C(NCC(=O)N(C)C)NCC2CCCCO2)c(OC2CCCC2)c1.I. The van der Waals surface area contributed by atoms with Crippen LogP contribution in [0.3, 0.4) is 0 Å². The molecule has 186 valence electrons. The van der Waals surface area contributed by atoms with Crippen LogP contribution in [0, 0.1) is 0 Å². The third-order valence-corrected chi connectivity index (χ3v) is 5.95.